The predicted molar refractivity (Wildman–Crippen MR) is 118 cm³/mol. The number of aromatic nitrogens is 2. The molecular formula is C23H25F2N5O2. The zero-order valence-corrected chi connectivity index (χ0v) is 17.7. The Hall–Kier alpha value is -3.62. The fraction of sp³-hybridized carbons (Fsp3) is 0.304. The van der Waals surface area contributed by atoms with Crippen LogP contribution in [0.25, 0.3) is 0 Å². The molecule has 0 atom stereocenters. The van der Waals surface area contributed by atoms with Gasteiger partial charge >= 0.3 is 6.55 Å². The Bertz CT molecular complexity index is 1080. The smallest absolute Gasteiger partial charge is 0.319 e. The van der Waals surface area contributed by atoms with Gasteiger partial charge in [0.05, 0.1) is 26.3 Å². The molecule has 0 saturated carbocycles. The summed E-state index contributed by atoms with van der Waals surface area (Å²) in [6, 6.07) is 13.5. The molecule has 1 aromatic heterocycles. The van der Waals surface area contributed by atoms with Gasteiger partial charge in [0.15, 0.2) is 17.5 Å². The lowest BCUT2D eigenvalue weighted by molar-refractivity contribution is 0.0668. The fourth-order valence-corrected chi connectivity index (χ4v) is 3.29. The van der Waals surface area contributed by atoms with Crippen molar-refractivity contribution < 1.29 is 18.3 Å². The molecule has 9 heteroatoms. The number of benzene rings is 2. The summed E-state index contributed by atoms with van der Waals surface area (Å²) in [6.45, 7) is 1.07. The van der Waals surface area contributed by atoms with Crippen molar-refractivity contribution in [2.75, 3.05) is 18.5 Å². The van der Waals surface area contributed by atoms with Crippen molar-refractivity contribution in [3.63, 3.8) is 0 Å². The average molecular weight is 441 g/mol. The van der Waals surface area contributed by atoms with Crippen molar-refractivity contribution in [1.29, 1.82) is 0 Å². The van der Waals surface area contributed by atoms with E-state index in [0.717, 1.165) is 27.8 Å². The second kappa shape index (κ2) is 10.1. The number of alkyl halides is 2. The number of guanidine groups is 1. The quantitative estimate of drug-likeness (QED) is 0.435. The number of anilines is 1. The maximum Gasteiger partial charge on any atom is 0.319 e. The molecular weight excluding hydrogens is 416 g/mol. The molecule has 0 bridgehead atoms. The Kier molecular flexibility index (Phi) is 6.84. The van der Waals surface area contributed by atoms with Crippen LogP contribution in [0.3, 0.4) is 0 Å². The molecule has 1 aliphatic rings. The first kappa shape index (κ1) is 21.6. The molecule has 7 nitrogen and oxygen atoms in total. The minimum Gasteiger partial charge on any atom is -0.490 e. The summed E-state index contributed by atoms with van der Waals surface area (Å²) in [6.07, 6.45) is 3.42. The first-order valence-corrected chi connectivity index (χ1v) is 10.4. The van der Waals surface area contributed by atoms with E-state index in [1.807, 2.05) is 49.4 Å². The lowest BCUT2D eigenvalue weighted by Gasteiger charge is -2.15. The van der Waals surface area contributed by atoms with Crippen molar-refractivity contribution in [3.8, 4) is 11.5 Å². The van der Waals surface area contributed by atoms with Crippen molar-refractivity contribution in [1.82, 2.24) is 14.9 Å². The van der Waals surface area contributed by atoms with Gasteiger partial charge in [0.2, 0.25) is 0 Å². The molecule has 2 heterocycles. The van der Waals surface area contributed by atoms with Crippen LogP contribution in [-0.4, -0.2) is 28.7 Å². The molecule has 0 spiro atoms. The van der Waals surface area contributed by atoms with E-state index in [2.05, 4.69) is 20.6 Å². The summed E-state index contributed by atoms with van der Waals surface area (Å²) in [5.74, 6) is 1.99. The van der Waals surface area contributed by atoms with Crippen LogP contribution in [0.15, 0.2) is 59.9 Å². The van der Waals surface area contributed by atoms with Gasteiger partial charge in [-0.05, 0) is 30.2 Å². The monoisotopic (exact) mass is 441 g/mol. The van der Waals surface area contributed by atoms with Gasteiger partial charge in [-0.1, -0.05) is 24.3 Å². The van der Waals surface area contributed by atoms with Crippen molar-refractivity contribution in [3.05, 3.63) is 71.8 Å². The Labute approximate surface area is 185 Å². The Morgan fingerprint density at radius 2 is 1.97 bits per heavy atom. The third-order valence-corrected chi connectivity index (χ3v) is 5.05. The van der Waals surface area contributed by atoms with Crippen molar-refractivity contribution in [2.24, 2.45) is 4.99 Å². The summed E-state index contributed by atoms with van der Waals surface area (Å²) in [7, 11) is 0. The highest BCUT2D eigenvalue weighted by Crippen LogP contribution is 2.32. The fourth-order valence-electron chi connectivity index (χ4n) is 3.29. The lowest BCUT2D eigenvalue weighted by Crippen LogP contribution is -2.31. The number of hydrogen-bond acceptors (Lipinski definition) is 4. The zero-order chi connectivity index (χ0) is 22.3. The van der Waals surface area contributed by atoms with Crippen LogP contribution < -0.4 is 20.1 Å². The van der Waals surface area contributed by atoms with Crippen LogP contribution in [-0.2, 0) is 13.1 Å². The minimum atomic E-state index is -2.66. The molecule has 2 N–H and O–H groups in total. The van der Waals surface area contributed by atoms with E-state index in [-0.39, 0.29) is 12.4 Å². The number of fused-ring (bicyclic) bond motifs is 1. The average Bonchev–Trinajstić information content (AvgIpc) is 3.14. The summed E-state index contributed by atoms with van der Waals surface area (Å²) in [4.78, 5) is 8.67. The van der Waals surface area contributed by atoms with Gasteiger partial charge < -0.3 is 20.1 Å². The van der Waals surface area contributed by atoms with E-state index >= 15 is 0 Å². The van der Waals surface area contributed by atoms with Crippen LogP contribution in [0.1, 0.15) is 29.9 Å². The highest BCUT2D eigenvalue weighted by Gasteiger charge is 2.14. The first-order valence-electron chi connectivity index (χ1n) is 10.4. The molecule has 0 amide bonds. The third-order valence-electron chi connectivity index (χ3n) is 5.05. The normalized spacial score (nSPS) is 13.7. The van der Waals surface area contributed by atoms with E-state index in [9.17, 15) is 8.78 Å². The van der Waals surface area contributed by atoms with Crippen LogP contribution in [0, 0.1) is 6.92 Å². The number of hydrogen-bond donors (Lipinski definition) is 2. The standard InChI is InChI=1S/C23H25F2N5O2/c1-16-5-2-3-6-17(16)14-27-23(28-15-21-26-9-10-30(21)22(24)25)29-18-7-8-19-20(13-18)32-12-4-11-31-19/h2-3,5-10,13,22H,4,11-12,14-15H2,1H3,(H2,27,28,29). The molecule has 2 aromatic carbocycles. The number of rotatable bonds is 6. The molecule has 1 aliphatic heterocycles. The molecule has 32 heavy (non-hydrogen) atoms. The number of halogens is 2. The van der Waals surface area contributed by atoms with Crippen LogP contribution in [0.2, 0.25) is 0 Å². The van der Waals surface area contributed by atoms with E-state index in [1.54, 1.807) is 0 Å². The number of nitrogens with zero attached hydrogens (tertiary/aromatic N) is 3. The topological polar surface area (TPSA) is 72.7 Å². The Morgan fingerprint density at radius 3 is 2.78 bits per heavy atom. The third kappa shape index (κ3) is 5.35. The predicted octanol–water partition coefficient (Wildman–Crippen LogP) is 4.51. The molecule has 0 saturated heterocycles. The van der Waals surface area contributed by atoms with E-state index in [4.69, 9.17) is 9.47 Å². The summed E-state index contributed by atoms with van der Waals surface area (Å²) in [5, 5.41) is 6.33. The van der Waals surface area contributed by atoms with Gasteiger partial charge in [-0.3, -0.25) is 4.57 Å². The van der Waals surface area contributed by atoms with E-state index in [0.29, 0.717) is 37.2 Å². The number of nitrogens with one attached hydrogen (secondary N) is 2. The van der Waals surface area contributed by atoms with Crippen molar-refractivity contribution in [2.45, 2.75) is 33.0 Å². The maximum absolute atomic E-state index is 13.2. The van der Waals surface area contributed by atoms with E-state index in [1.165, 1.54) is 12.4 Å². The largest absolute Gasteiger partial charge is 0.490 e. The number of imidazole rings is 1. The highest BCUT2D eigenvalue weighted by molar-refractivity contribution is 5.93. The SMILES string of the molecule is Cc1ccccc1CN=C(NCc1nccn1C(F)F)Nc1ccc2c(c1)OCCCO2. The highest BCUT2D eigenvalue weighted by atomic mass is 19.3. The molecule has 0 aliphatic carbocycles. The molecule has 4 rings (SSSR count). The number of ether oxygens (including phenoxy) is 2. The van der Waals surface area contributed by atoms with Crippen LogP contribution >= 0.6 is 0 Å². The summed E-state index contributed by atoms with van der Waals surface area (Å²) < 4.78 is 38.6. The zero-order valence-electron chi connectivity index (χ0n) is 17.7. The molecule has 3 aromatic rings. The maximum atomic E-state index is 13.2. The Balaban J connectivity index is 1.54. The van der Waals surface area contributed by atoms with Gasteiger partial charge in [-0.2, -0.15) is 8.78 Å². The molecule has 0 radical (unpaired) electrons. The van der Waals surface area contributed by atoms with Gasteiger partial charge in [-0.15, -0.1) is 0 Å². The van der Waals surface area contributed by atoms with Gasteiger partial charge in [0.25, 0.3) is 0 Å². The van der Waals surface area contributed by atoms with Crippen LogP contribution in [0.4, 0.5) is 14.5 Å². The molecule has 0 unspecified atom stereocenters. The Morgan fingerprint density at radius 1 is 1.16 bits per heavy atom. The lowest BCUT2D eigenvalue weighted by atomic mass is 10.1. The van der Waals surface area contributed by atoms with Crippen LogP contribution in [0.5, 0.6) is 11.5 Å². The summed E-state index contributed by atoms with van der Waals surface area (Å²) in [5.41, 5.74) is 2.93. The first-order chi connectivity index (χ1) is 15.6. The van der Waals surface area contributed by atoms with E-state index < -0.39 is 6.55 Å². The number of aliphatic imine (C=N–C) groups is 1. The minimum absolute atomic E-state index is 0.0848. The second-order valence-electron chi connectivity index (χ2n) is 7.31. The molecule has 0 fully saturated rings. The summed E-state index contributed by atoms with van der Waals surface area (Å²) >= 11 is 0. The molecule has 168 valence electrons. The van der Waals surface area contributed by atoms with Crippen molar-refractivity contribution >= 4 is 11.6 Å². The number of aryl methyl sites for hydroxylation is 1. The van der Waals surface area contributed by atoms with Gasteiger partial charge in [-0.25, -0.2) is 9.98 Å². The van der Waals surface area contributed by atoms with Gasteiger partial charge in [0, 0.05) is 30.6 Å². The van der Waals surface area contributed by atoms with Gasteiger partial charge in [0.1, 0.15) is 5.82 Å². The second-order valence-corrected chi connectivity index (χ2v) is 7.31.